The maximum atomic E-state index is 13.0. The van der Waals surface area contributed by atoms with Crippen LogP contribution < -0.4 is 10.6 Å². The van der Waals surface area contributed by atoms with Gasteiger partial charge in [0, 0.05) is 34.1 Å². The minimum Gasteiger partial charge on any atom is -0.339 e. The van der Waals surface area contributed by atoms with E-state index in [1.807, 2.05) is 66.7 Å². The first kappa shape index (κ1) is 20.6. The quantitative estimate of drug-likeness (QED) is 0.326. The first-order chi connectivity index (χ1) is 16.2. The van der Waals surface area contributed by atoms with Crippen LogP contribution in [0, 0.1) is 0 Å². The Kier molecular flexibility index (Phi) is 5.66. The molecule has 7 heteroatoms. The third-order valence-corrected chi connectivity index (χ3v) is 5.27. The number of carbonyl (C=O) groups is 1. The summed E-state index contributed by atoms with van der Waals surface area (Å²) in [5.41, 5.74) is 3.30. The van der Waals surface area contributed by atoms with Gasteiger partial charge in [0.05, 0.1) is 16.8 Å². The zero-order chi connectivity index (χ0) is 22.6. The molecule has 1 amide bonds. The van der Waals surface area contributed by atoms with Crippen LogP contribution >= 0.6 is 11.6 Å². The largest absolute Gasteiger partial charge is 0.339 e. The predicted molar refractivity (Wildman–Crippen MR) is 132 cm³/mol. The molecular weight excluding hydrogens is 434 g/mol. The van der Waals surface area contributed by atoms with Gasteiger partial charge in [-0.05, 0) is 54.6 Å². The Balaban J connectivity index is 1.56. The molecule has 0 aliphatic carbocycles. The lowest BCUT2D eigenvalue weighted by Gasteiger charge is -2.14. The number of nitrogens with one attached hydrogen (secondary N) is 2. The fourth-order valence-corrected chi connectivity index (χ4v) is 3.63. The number of amides is 1. The fourth-order valence-electron chi connectivity index (χ4n) is 3.46. The molecular formula is C26H18ClN5O. The Hall–Kier alpha value is -4.29. The van der Waals surface area contributed by atoms with E-state index in [9.17, 15) is 4.79 Å². The maximum absolute atomic E-state index is 13.0. The molecule has 3 aromatic carbocycles. The molecule has 0 bridgehead atoms. The second-order valence-electron chi connectivity index (χ2n) is 7.29. The molecule has 0 fully saturated rings. The van der Waals surface area contributed by atoms with E-state index in [1.54, 1.807) is 30.6 Å². The van der Waals surface area contributed by atoms with Gasteiger partial charge in [0.1, 0.15) is 5.82 Å². The Morgan fingerprint density at radius 2 is 1.67 bits per heavy atom. The minimum absolute atomic E-state index is 0.224. The van der Waals surface area contributed by atoms with Crippen molar-refractivity contribution in [2.45, 2.75) is 0 Å². The number of halogens is 1. The van der Waals surface area contributed by atoms with Crippen LogP contribution in [0.3, 0.4) is 0 Å². The van der Waals surface area contributed by atoms with Crippen molar-refractivity contribution >= 4 is 45.6 Å². The predicted octanol–water partition coefficient (Wildman–Crippen LogP) is 6.34. The molecule has 6 nitrogen and oxygen atoms in total. The van der Waals surface area contributed by atoms with E-state index in [1.165, 1.54) is 0 Å². The number of hydrogen-bond donors (Lipinski definition) is 2. The van der Waals surface area contributed by atoms with Gasteiger partial charge in [0.2, 0.25) is 0 Å². The Morgan fingerprint density at radius 3 is 2.48 bits per heavy atom. The lowest BCUT2D eigenvalue weighted by atomic mass is 10.1. The van der Waals surface area contributed by atoms with E-state index in [0.29, 0.717) is 33.4 Å². The molecule has 2 aromatic heterocycles. The van der Waals surface area contributed by atoms with Crippen molar-refractivity contribution in [3.05, 3.63) is 108 Å². The van der Waals surface area contributed by atoms with Crippen LogP contribution in [0.15, 0.2) is 97.3 Å². The van der Waals surface area contributed by atoms with Gasteiger partial charge in [-0.15, -0.1) is 0 Å². The van der Waals surface area contributed by atoms with E-state index in [4.69, 9.17) is 16.6 Å². The number of rotatable bonds is 5. The summed E-state index contributed by atoms with van der Waals surface area (Å²) >= 11 is 6.23. The third kappa shape index (κ3) is 4.51. The summed E-state index contributed by atoms with van der Waals surface area (Å²) in [6.45, 7) is 0. The summed E-state index contributed by atoms with van der Waals surface area (Å²) in [5, 5.41) is 7.62. The van der Waals surface area contributed by atoms with Crippen molar-refractivity contribution in [3.8, 4) is 11.4 Å². The first-order valence-corrected chi connectivity index (χ1v) is 10.7. The zero-order valence-electron chi connectivity index (χ0n) is 17.4. The molecule has 0 saturated carbocycles. The molecule has 2 N–H and O–H groups in total. The molecule has 0 radical (unpaired) electrons. The second-order valence-corrected chi connectivity index (χ2v) is 7.73. The normalized spacial score (nSPS) is 10.7. The fraction of sp³-hybridized carbons (Fsp3) is 0. The highest BCUT2D eigenvalue weighted by atomic mass is 35.5. The van der Waals surface area contributed by atoms with Gasteiger partial charge in [0.25, 0.3) is 5.91 Å². The van der Waals surface area contributed by atoms with Crippen LogP contribution in [0.4, 0.5) is 17.2 Å². The highest BCUT2D eigenvalue weighted by Crippen LogP contribution is 2.30. The molecule has 0 unspecified atom stereocenters. The number of para-hydroxylation sites is 2. The Labute approximate surface area is 195 Å². The summed E-state index contributed by atoms with van der Waals surface area (Å²) in [5.74, 6) is 0.847. The third-order valence-electron chi connectivity index (χ3n) is 5.04. The lowest BCUT2D eigenvalue weighted by molar-refractivity contribution is 0.102. The van der Waals surface area contributed by atoms with Crippen LogP contribution in [-0.2, 0) is 0 Å². The molecule has 160 valence electrons. The van der Waals surface area contributed by atoms with E-state index in [-0.39, 0.29) is 5.91 Å². The standard InChI is InChI=1S/C26H18ClN5O/c27-18-12-13-20-23(15-18)31-24(17-7-6-14-28-16-17)32-25(20)30-22-11-5-4-10-21(22)26(33)29-19-8-2-1-3-9-19/h1-16H,(H,29,33)(H,30,31,32). The van der Waals surface area contributed by atoms with Gasteiger partial charge < -0.3 is 10.6 Å². The molecule has 0 saturated heterocycles. The number of carbonyl (C=O) groups excluding carboxylic acids is 1. The first-order valence-electron chi connectivity index (χ1n) is 10.3. The van der Waals surface area contributed by atoms with E-state index in [0.717, 1.165) is 16.6 Å². The van der Waals surface area contributed by atoms with E-state index < -0.39 is 0 Å². The van der Waals surface area contributed by atoms with Crippen LogP contribution in [0.2, 0.25) is 5.02 Å². The van der Waals surface area contributed by atoms with E-state index >= 15 is 0 Å². The molecule has 0 atom stereocenters. The van der Waals surface area contributed by atoms with Crippen molar-refractivity contribution in [1.29, 1.82) is 0 Å². The number of benzene rings is 3. The Morgan fingerprint density at radius 1 is 0.848 bits per heavy atom. The molecule has 0 aliphatic heterocycles. The average molecular weight is 452 g/mol. The second kappa shape index (κ2) is 9.06. The number of nitrogens with zero attached hydrogens (tertiary/aromatic N) is 3. The van der Waals surface area contributed by atoms with Gasteiger partial charge in [-0.1, -0.05) is 41.9 Å². The summed E-state index contributed by atoms with van der Waals surface area (Å²) in [6.07, 6.45) is 3.40. The minimum atomic E-state index is -0.224. The van der Waals surface area contributed by atoms with Crippen LogP contribution in [0.25, 0.3) is 22.3 Å². The lowest BCUT2D eigenvalue weighted by Crippen LogP contribution is -2.14. The number of fused-ring (bicyclic) bond motifs is 1. The molecule has 0 aliphatic rings. The van der Waals surface area contributed by atoms with Gasteiger partial charge in [-0.25, -0.2) is 9.97 Å². The number of pyridine rings is 1. The van der Waals surface area contributed by atoms with E-state index in [2.05, 4.69) is 20.6 Å². The summed E-state index contributed by atoms with van der Waals surface area (Å²) in [6, 6.07) is 25.8. The highest BCUT2D eigenvalue weighted by Gasteiger charge is 2.15. The van der Waals surface area contributed by atoms with Crippen LogP contribution in [0.5, 0.6) is 0 Å². The Bertz CT molecular complexity index is 1440. The molecule has 0 spiro atoms. The molecule has 5 aromatic rings. The zero-order valence-corrected chi connectivity index (χ0v) is 18.1. The van der Waals surface area contributed by atoms with Crippen molar-refractivity contribution < 1.29 is 4.79 Å². The summed E-state index contributed by atoms with van der Waals surface area (Å²) < 4.78 is 0. The highest BCUT2D eigenvalue weighted by molar-refractivity contribution is 6.31. The summed E-state index contributed by atoms with van der Waals surface area (Å²) in [4.78, 5) is 26.6. The monoisotopic (exact) mass is 451 g/mol. The van der Waals surface area contributed by atoms with Gasteiger partial charge >= 0.3 is 0 Å². The maximum Gasteiger partial charge on any atom is 0.257 e. The molecule has 33 heavy (non-hydrogen) atoms. The van der Waals surface area contributed by atoms with Gasteiger partial charge in [0.15, 0.2) is 5.82 Å². The van der Waals surface area contributed by atoms with Crippen LogP contribution in [0.1, 0.15) is 10.4 Å². The van der Waals surface area contributed by atoms with Gasteiger partial charge in [-0.3, -0.25) is 9.78 Å². The van der Waals surface area contributed by atoms with Gasteiger partial charge in [-0.2, -0.15) is 0 Å². The van der Waals surface area contributed by atoms with Crippen LogP contribution in [-0.4, -0.2) is 20.9 Å². The topological polar surface area (TPSA) is 79.8 Å². The number of hydrogen-bond acceptors (Lipinski definition) is 5. The SMILES string of the molecule is O=C(Nc1ccccc1)c1ccccc1Nc1nc(-c2cccnc2)nc2cc(Cl)ccc12. The van der Waals surface area contributed by atoms with Crippen molar-refractivity contribution in [3.63, 3.8) is 0 Å². The van der Waals surface area contributed by atoms with Crippen molar-refractivity contribution in [2.24, 2.45) is 0 Å². The number of aromatic nitrogens is 3. The molecule has 2 heterocycles. The number of anilines is 3. The summed E-state index contributed by atoms with van der Waals surface area (Å²) in [7, 11) is 0. The van der Waals surface area contributed by atoms with Crippen molar-refractivity contribution in [1.82, 2.24) is 15.0 Å². The van der Waals surface area contributed by atoms with Crippen molar-refractivity contribution in [2.75, 3.05) is 10.6 Å². The molecule has 5 rings (SSSR count). The average Bonchev–Trinajstić information content (AvgIpc) is 2.85. The smallest absolute Gasteiger partial charge is 0.257 e.